The predicted octanol–water partition coefficient (Wildman–Crippen LogP) is 2.05. The molecule has 0 aromatic heterocycles. The summed E-state index contributed by atoms with van der Waals surface area (Å²) in [4.78, 5) is 11.2. The van der Waals surface area contributed by atoms with Gasteiger partial charge >= 0.3 is 5.97 Å². The first-order chi connectivity index (χ1) is 7.27. The second-order valence-corrected chi connectivity index (χ2v) is 2.91. The Morgan fingerprint density at radius 3 is 2.80 bits per heavy atom. The number of carbonyl (C=O) groups excluding carboxylic acids is 1. The van der Waals surface area contributed by atoms with E-state index >= 15 is 0 Å². The van der Waals surface area contributed by atoms with Gasteiger partial charge in [0.2, 0.25) is 0 Å². The molecule has 0 fully saturated rings. The zero-order chi connectivity index (χ0) is 11.1. The third-order valence-corrected chi connectivity index (χ3v) is 1.88. The molecule has 1 aliphatic carbocycles. The van der Waals surface area contributed by atoms with Crippen molar-refractivity contribution >= 4 is 5.97 Å². The molecule has 3 nitrogen and oxygen atoms in total. The molecule has 1 aliphatic rings. The molecule has 0 aromatic carbocycles. The largest absolute Gasteiger partial charge is 0.465 e. The van der Waals surface area contributed by atoms with Crippen molar-refractivity contribution in [2.24, 2.45) is 0 Å². The van der Waals surface area contributed by atoms with Gasteiger partial charge in [0.25, 0.3) is 0 Å². The van der Waals surface area contributed by atoms with Crippen molar-refractivity contribution in [1.29, 1.82) is 5.26 Å². The van der Waals surface area contributed by atoms with E-state index in [4.69, 9.17) is 5.26 Å². The summed E-state index contributed by atoms with van der Waals surface area (Å²) in [6.45, 7) is 0. The van der Waals surface area contributed by atoms with Gasteiger partial charge in [0.15, 0.2) is 0 Å². The summed E-state index contributed by atoms with van der Waals surface area (Å²) >= 11 is 0. The second kappa shape index (κ2) is 5.61. The normalized spacial score (nSPS) is 25.6. The molecule has 0 atom stereocenters. The van der Waals surface area contributed by atoms with Crippen molar-refractivity contribution in [1.82, 2.24) is 0 Å². The van der Waals surface area contributed by atoms with Gasteiger partial charge in [-0.05, 0) is 17.7 Å². The number of ether oxygens (including phenoxy) is 1. The average molecular weight is 201 g/mol. The lowest BCUT2D eigenvalue weighted by molar-refractivity contribution is -0.135. The van der Waals surface area contributed by atoms with E-state index in [1.165, 1.54) is 7.11 Å². The lowest BCUT2D eigenvalue weighted by atomic mass is 10.1. The minimum Gasteiger partial charge on any atom is -0.465 e. The number of nitrogens with zero attached hydrogens (tertiary/aromatic N) is 1. The lowest BCUT2D eigenvalue weighted by Crippen LogP contribution is -2.02. The number of nitriles is 1. The minimum atomic E-state index is -0.368. The van der Waals surface area contributed by atoms with Crippen LogP contribution in [0.15, 0.2) is 47.6 Å². The Morgan fingerprint density at radius 2 is 2.13 bits per heavy atom. The van der Waals surface area contributed by atoms with Gasteiger partial charge in [-0.15, -0.1) is 0 Å². The summed E-state index contributed by atoms with van der Waals surface area (Å²) < 4.78 is 4.59. The van der Waals surface area contributed by atoms with E-state index in [-0.39, 0.29) is 5.97 Å². The summed E-state index contributed by atoms with van der Waals surface area (Å²) in [6.07, 6.45) is 10.8. The molecule has 15 heavy (non-hydrogen) atoms. The monoisotopic (exact) mass is 201 g/mol. The molecule has 0 radical (unpaired) electrons. The maximum Gasteiger partial charge on any atom is 0.337 e. The molecule has 76 valence electrons. The molecule has 0 spiro atoms. The number of hydrogen-bond donors (Lipinski definition) is 0. The summed E-state index contributed by atoms with van der Waals surface area (Å²) in [5.74, 6) is -0.368. The molecule has 0 saturated heterocycles. The number of carbonyl (C=O) groups is 1. The number of allylic oxidation sites excluding steroid dienone is 6. The SMILES string of the molecule is COC(=O)C1=C/C=C\C(CC#N)=C/C=C\1. The third kappa shape index (κ3) is 3.28. The van der Waals surface area contributed by atoms with E-state index in [9.17, 15) is 4.79 Å². The Labute approximate surface area is 88.7 Å². The van der Waals surface area contributed by atoms with Crippen LogP contribution < -0.4 is 0 Å². The quantitative estimate of drug-likeness (QED) is 0.642. The molecule has 0 aromatic rings. The first-order valence-electron chi connectivity index (χ1n) is 4.49. The van der Waals surface area contributed by atoms with Gasteiger partial charge in [-0.3, -0.25) is 0 Å². The van der Waals surface area contributed by atoms with Gasteiger partial charge in [0, 0.05) is 0 Å². The highest BCUT2D eigenvalue weighted by molar-refractivity contribution is 5.92. The van der Waals surface area contributed by atoms with Crippen LogP contribution in [0.1, 0.15) is 6.42 Å². The van der Waals surface area contributed by atoms with Crippen molar-refractivity contribution in [3.8, 4) is 6.07 Å². The highest BCUT2D eigenvalue weighted by atomic mass is 16.5. The van der Waals surface area contributed by atoms with Crippen molar-refractivity contribution in [3.05, 3.63) is 47.6 Å². The molecular weight excluding hydrogens is 190 g/mol. The highest BCUT2D eigenvalue weighted by Gasteiger charge is 2.04. The van der Waals surface area contributed by atoms with Crippen LogP contribution >= 0.6 is 0 Å². The maximum absolute atomic E-state index is 11.2. The van der Waals surface area contributed by atoms with Crippen LogP contribution in [0.5, 0.6) is 0 Å². The number of rotatable bonds is 2. The average Bonchev–Trinajstić information content (AvgIpc) is 2.21. The molecule has 0 bridgehead atoms. The third-order valence-electron chi connectivity index (χ3n) is 1.88. The molecule has 0 unspecified atom stereocenters. The Bertz CT molecular complexity index is 406. The van der Waals surface area contributed by atoms with Crippen LogP contribution in [-0.2, 0) is 9.53 Å². The second-order valence-electron chi connectivity index (χ2n) is 2.91. The van der Waals surface area contributed by atoms with E-state index < -0.39 is 0 Å². The lowest BCUT2D eigenvalue weighted by Gasteiger charge is -2.00. The smallest absolute Gasteiger partial charge is 0.337 e. The van der Waals surface area contributed by atoms with E-state index in [0.717, 1.165) is 5.57 Å². The fourth-order valence-electron chi connectivity index (χ4n) is 1.12. The van der Waals surface area contributed by atoms with Crippen molar-refractivity contribution in [2.45, 2.75) is 6.42 Å². The van der Waals surface area contributed by atoms with Gasteiger partial charge in [-0.25, -0.2) is 4.79 Å². The summed E-state index contributed by atoms with van der Waals surface area (Å²) in [5, 5.41) is 8.52. The van der Waals surface area contributed by atoms with Crippen molar-refractivity contribution in [2.75, 3.05) is 7.11 Å². The molecule has 0 aliphatic heterocycles. The van der Waals surface area contributed by atoms with Crippen LogP contribution in [0.25, 0.3) is 0 Å². The molecule has 0 saturated carbocycles. The first-order valence-corrected chi connectivity index (χ1v) is 4.49. The van der Waals surface area contributed by atoms with Crippen molar-refractivity contribution in [3.63, 3.8) is 0 Å². The Balaban J connectivity index is 2.82. The minimum absolute atomic E-state index is 0.363. The van der Waals surface area contributed by atoms with Gasteiger partial charge in [-0.2, -0.15) is 5.26 Å². The Kier molecular flexibility index (Phi) is 4.11. The van der Waals surface area contributed by atoms with E-state index in [0.29, 0.717) is 12.0 Å². The van der Waals surface area contributed by atoms with Crippen molar-refractivity contribution < 1.29 is 9.53 Å². The fourth-order valence-corrected chi connectivity index (χ4v) is 1.12. The standard InChI is InChI=1S/C12H11NO2/c1-15-12(14)11-6-2-4-10(8-9-13)5-3-7-11/h2-7H,8H2,1H3/b4-2-,5-3?,6-2?,7-3-,10-4?,10-5+,11-6+,11-7?. The summed E-state index contributed by atoms with van der Waals surface area (Å²) in [7, 11) is 1.34. The van der Waals surface area contributed by atoms with Gasteiger partial charge in [0.1, 0.15) is 0 Å². The van der Waals surface area contributed by atoms with Gasteiger partial charge in [0.05, 0.1) is 25.2 Å². The van der Waals surface area contributed by atoms with Crippen LogP contribution in [0, 0.1) is 11.3 Å². The van der Waals surface area contributed by atoms with Crippen LogP contribution in [0.2, 0.25) is 0 Å². The molecule has 1 rings (SSSR count). The van der Waals surface area contributed by atoms with E-state index in [1.54, 1.807) is 36.5 Å². The van der Waals surface area contributed by atoms with Crippen LogP contribution in [0.3, 0.4) is 0 Å². The fraction of sp³-hybridized carbons (Fsp3) is 0.167. The summed E-state index contributed by atoms with van der Waals surface area (Å²) in [6, 6.07) is 2.06. The highest BCUT2D eigenvalue weighted by Crippen LogP contribution is 2.09. The predicted molar refractivity (Wildman–Crippen MR) is 56.7 cm³/mol. The molecule has 0 amide bonds. The van der Waals surface area contributed by atoms with Crippen LogP contribution in [0.4, 0.5) is 0 Å². The number of esters is 1. The zero-order valence-electron chi connectivity index (χ0n) is 8.43. The molecule has 3 heteroatoms. The van der Waals surface area contributed by atoms with Gasteiger partial charge < -0.3 is 4.74 Å². The topological polar surface area (TPSA) is 50.1 Å². The Hall–Kier alpha value is -2.08. The van der Waals surface area contributed by atoms with Crippen LogP contribution in [-0.4, -0.2) is 13.1 Å². The molecule has 0 heterocycles. The first kappa shape index (κ1) is 11.0. The zero-order valence-corrected chi connectivity index (χ0v) is 8.43. The molecule has 0 N–H and O–H groups in total. The maximum atomic E-state index is 11.2. The number of hydrogen-bond acceptors (Lipinski definition) is 3. The molecular formula is C12H11NO2. The Morgan fingerprint density at radius 1 is 1.40 bits per heavy atom. The van der Waals surface area contributed by atoms with E-state index in [2.05, 4.69) is 10.8 Å². The van der Waals surface area contributed by atoms with E-state index in [1.807, 2.05) is 0 Å². The van der Waals surface area contributed by atoms with Gasteiger partial charge in [-0.1, -0.05) is 24.3 Å². The number of methoxy groups -OCH3 is 1. The summed E-state index contributed by atoms with van der Waals surface area (Å²) in [5.41, 5.74) is 1.40.